The number of benzene rings is 2. The van der Waals surface area contributed by atoms with Crippen LogP contribution in [0.25, 0.3) is 11.1 Å². The van der Waals surface area contributed by atoms with Gasteiger partial charge in [-0.2, -0.15) is 4.31 Å². The van der Waals surface area contributed by atoms with Gasteiger partial charge in [0.25, 0.3) is 0 Å². The van der Waals surface area contributed by atoms with E-state index in [0.717, 1.165) is 6.42 Å². The molecule has 0 amide bonds. The highest BCUT2D eigenvalue weighted by Crippen LogP contribution is 2.33. The van der Waals surface area contributed by atoms with Gasteiger partial charge in [0.1, 0.15) is 0 Å². The van der Waals surface area contributed by atoms with Crippen LogP contribution in [0.2, 0.25) is 5.02 Å². The summed E-state index contributed by atoms with van der Waals surface area (Å²) in [5.41, 5.74) is 1.08. The molecule has 1 saturated heterocycles. The Morgan fingerprint density at radius 2 is 1.69 bits per heavy atom. The third-order valence-electron chi connectivity index (χ3n) is 5.66. The van der Waals surface area contributed by atoms with Crippen molar-refractivity contribution in [1.82, 2.24) is 13.8 Å². The number of aromatic nitrogens is 1. The van der Waals surface area contributed by atoms with Gasteiger partial charge in [-0.15, -0.1) is 0 Å². The second-order valence-electron chi connectivity index (χ2n) is 7.73. The largest absolute Gasteiger partial charge is 0.490 e. The molecule has 9 nitrogen and oxygen atoms in total. The zero-order chi connectivity index (χ0) is 22.3. The second-order valence-corrected chi connectivity index (χ2v) is 10.1. The number of hydrogen-bond donors (Lipinski definition) is 0. The average Bonchev–Trinajstić information content (AvgIpc) is 2.94. The molecule has 0 aliphatic carbocycles. The van der Waals surface area contributed by atoms with E-state index in [1.54, 1.807) is 30.3 Å². The standard InChI is InChI=1S/C21H22ClN3O6S/c22-15-2-4-17-19(12-15)31-21(26)25(17)14-23-6-8-24(9-7-23)32(27,28)16-3-5-18-20(13-16)30-11-1-10-29-18/h2-5,12-13H,1,6-11,14H2. The van der Waals surface area contributed by atoms with Crippen molar-refractivity contribution in [2.24, 2.45) is 0 Å². The highest BCUT2D eigenvalue weighted by atomic mass is 35.5. The number of rotatable bonds is 4. The lowest BCUT2D eigenvalue weighted by Crippen LogP contribution is -2.49. The summed E-state index contributed by atoms with van der Waals surface area (Å²) in [5.74, 6) is 0.545. The van der Waals surface area contributed by atoms with Gasteiger partial charge in [0.05, 0.1) is 30.3 Å². The molecular weight excluding hydrogens is 458 g/mol. The first-order valence-corrected chi connectivity index (χ1v) is 12.1. The van der Waals surface area contributed by atoms with Gasteiger partial charge in [-0.1, -0.05) is 11.6 Å². The lowest BCUT2D eigenvalue weighted by atomic mass is 10.3. The van der Waals surface area contributed by atoms with Gasteiger partial charge in [-0.05, 0) is 24.3 Å². The molecule has 170 valence electrons. The van der Waals surface area contributed by atoms with Gasteiger partial charge in [0.15, 0.2) is 17.1 Å². The van der Waals surface area contributed by atoms with Gasteiger partial charge in [-0.3, -0.25) is 9.47 Å². The Hall–Kier alpha value is -2.53. The number of ether oxygens (including phenoxy) is 2. The molecule has 0 atom stereocenters. The molecule has 0 radical (unpaired) electrons. The van der Waals surface area contributed by atoms with E-state index in [2.05, 4.69) is 0 Å². The van der Waals surface area contributed by atoms with Crippen LogP contribution >= 0.6 is 11.6 Å². The van der Waals surface area contributed by atoms with Crippen LogP contribution in [0, 0.1) is 0 Å². The van der Waals surface area contributed by atoms with Crippen LogP contribution in [-0.2, 0) is 16.7 Å². The summed E-state index contributed by atoms with van der Waals surface area (Å²) >= 11 is 5.97. The maximum atomic E-state index is 13.2. The molecule has 0 N–H and O–H groups in total. The Kier molecular flexibility index (Phi) is 5.62. The minimum absolute atomic E-state index is 0.184. The smallest absolute Gasteiger partial charge is 0.421 e. The minimum Gasteiger partial charge on any atom is -0.490 e. The number of hydrogen-bond acceptors (Lipinski definition) is 7. The van der Waals surface area contributed by atoms with Crippen LogP contribution in [0.3, 0.4) is 0 Å². The summed E-state index contributed by atoms with van der Waals surface area (Å²) < 4.78 is 45.8. The van der Waals surface area contributed by atoms with E-state index in [9.17, 15) is 13.2 Å². The highest BCUT2D eigenvalue weighted by molar-refractivity contribution is 7.89. The number of nitrogens with zero attached hydrogens (tertiary/aromatic N) is 3. The lowest BCUT2D eigenvalue weighted by Gasteiger charge is -2.33. The number of oxazole rings is 1. The number of halogens is 1. The van der Waals surface area contributed by atoms with Crippen LogP contribution in [0.5, 0.6) is 11.5 Å². The van der Waals surface area contributed by atoms with Crippen molar-refractivity contribution < 1.29 is 22.3 Å². The molecular formula is C21H22ClN3O6S. The normalized spacial score (nSPS) is 18.0. The number of piperazine rings is 1. The molecule has 32 heavy (non-hydrogen) atoms. The second kappa shape index (κ2) is 8.43. The molecule has 3 aromatic rings. The molecule has 5 rings (SSSR count). The van der Waals surface area contributed by atoms with Gasteiger partial charge < -0.3 is 13.9 Å². The SMILES string of the molecule is O=c1oc2cc(Cl)ccc2n1CN1CCN(S(=O)(=O)c2ccc3c(c2)OCCCO3)CC1. The molecule has 0 saturated carbocycles. The minimum atomic E-state index is -3.67. The van der Waals surface area contributed by atoms with Gasteiger partial charge >= 0.3 is 5.76 Å². The maximum Gasteiger partial charge on any atom is 0.421 e. The van der Waals surface area contributed by atoms with Crippen molar-refractivity contribution in [3.8, 4) is 11.5 Å². The van der Waals surface area contributed by atoms with E-state index in [-0.39, 0.29) is 4.90 Å². The van der Waals surface area contributed by atoms with Crippen LogP contribution < -0.4 is 15.2 Å². The number of sulfonamides is 1. The van der Waals surface area contributed by atoms with E-state index >= 15 is 0 Å². The Morgan fingerprint density at radius 3 is 2.47 bits per heavy atom. The molecule has 0 unspecified atom stereocenters. The van der Waals surface area contributed by atoms with Gasteiger partial charge in [-0.25, -0.2) is 13.2 Å². The Labute approximate surface area is 189 Å². The first kappa shape index (κ1) is 21.3. The Bertz CT molecular complexity index is 1310. The molecule has 3 heterocycles. The fourth-order valence-electron chi connectivity index (χ4n) is 3.94. The summed E-state index contributed by atoms with van der Waals surface area (Å²) in [6, 6.07) is 9.78. The molecule has 1 fully saturated rings. The average molecular weight is 480 g/mol. The summed E-state index contributed by atoms with van der Waals surface area (Å²) in [6.45, 7) is 2.94. The van der Waals surface area contributed by atoms with E-state index in [1.807, 2.05) is 4.90 Å². The van der Waals surface area contributed by atoms with Crippen LogP contribution in [0.1, 0.15) is 6.42 Å². The van der Waals surface area contributed by atoms with Crippen LogP contribution in [0.4, 0.5) is 0 Å². The van der Waals surface area contributed by atoms with E-state index < -0.39 is 15.8 Å². The monoisotopic (exact) mass is 479 g/mol. The zero-order valence-electron chi connectivity index (χ0n) is 17.2. The summed E-state index contributed by atoms with van der Waals surface area (Å²) in [6.07, 6.45) is 0.751. The predicted molar refractivity (Wildman–Crippen MR) is 118 cm³/mol. The van der Waals surface area contributed by atoms with Crippen molar-refractivity contribution in [2.75, 3.05) is 39.4 Å². The van der Waals surface area contributed by atoms with E-state index in [4.69, 9.17) is 25.5 Å². The third-order valence-corrected chi connectivity index (χ3v) is 7.79. The molecule has 2 aliphatic rings. The zero-order valence-corrected chi connectivity index (χ0v) is 18.8. The third kappa shape index (κ3) is 3.99. The molecule has 11 heteroatoms. The van der Waals surface area contributed by atoms with Crippen molar-refractivity contribution in [1.29, 1.82) is 0 Å². The van der Waals surface area contributed by atoms with Crippen molar-refractivity contribution in [2.45, 2.75) is 18.0 Å². The highest BCUT2D eigenvalue weighted by Gasteiger charge is 2.30. The Morgan fingerprint density at radius 1 is 0.938 bits per heavy atom. The molecule has 0 bridgehead atoms. The van der Waals surface area contributed by atoms with Gasteiger partial charge in [0, 0.05) is 49.8 Å². The van der Waals surface area contributed by atoms with E-state index in [1.165, 1.54) is 14.9 Å². The summed E-state index contributed by atoms with van der Waals surface area (Å²) in [7, 11) is -3.67. The molecule has 2 aliphatic heterocycles. The summed E-state index contributed by atoms with van der Waals surface area (Å²) in [4.78, 5) is 14.5. The Balaban J connectivity index is 1.29. The predicted octanol–water partition coefficient (Wildman–Crippen LogP) is 2.37. The topological polar surface area (TPSA) is 94.2 Å². The lowest BCUT2D eigenvalue weighted by molar-refractivity contribution is 0.150. The van der Waals surface area contributed by atoms with Gasteiger partial charge in [0.2, 0.25) is 10.0 Å². The number of fused-ring (bicyclic) bond motifs is 2. The van der Waals surface area contributed by atoms with Crippen LogP contribution in [0.15, 0.2) is 50.5 Å². The maximum absolute atomic E-state index is 13.2. The fourth-order valence-corrected chi connectivity index (χ4v) is 5.54. The first-order valence-electron chi connectivity index (χ1n) is 10.3. The fraction of sp³-hybridized carbons (Fsp3) is 0.381. The molecule has 2 aromatic carbocycles. The first-order chi connectivity index (χ1) is 15.4. The van der Waals surface area contributed by atoms with Crippen LogP contribution in [-0.4, -0.2) is 61.6 Å². The van der Waals surface area contributed by atoms with E-state index in [0.29, 0.717) is 73.7 Å². The summed E-state index contributed by atoms with van der Waals surface area (Å²) in [5, 5.41) is 0.493. The van der Waals surface area contributed by atoms with Crippen molar-refractivity contribution in [3.63, 3.8) is 0 Å². The molecule has 1 aromatic heterocycles. The quantitative estimate of drug-likeness (QED) is 0.567. The molecule has 0 spiro atoms. The van der Waals surface area contributed by atoms with Crippen molar-refractivity contribution >= 4 is 32.7 Å². The van der Waals surface area contributed by atoms with Crippen molar-refractivity contribution in [3.05, 3.63) is 52.0 Å².